The highest BCUT2D eigenvalue weighted by Gasteiger charge is 2.13. The molecule has 2 aromatic carbocycles. The average molecular weight is 286 g/mol. The molecule has 0 radical (unpaired) electrons. The third kappa shape index (κ3) is 3.19. The molecule has 0 fully saturated rings. The van der Waals surface area contributed by atoms with Crippen molar-refractivity contribution in [3.8, 4) is 11.5 Å². The highest BCUT2D eigenvalue weighted by molar-refractivity contribution is 5.50. The molecule has 3 heteroatoms. The van der Waals surface area contributed by atoms with Crippen LogP contribution in [-0.2, 0) is 19.4 Å². The van der Waals surface area contributed by atoms with Crippen molar-refractivity contribution in [3.05, 3.63) is 57.6 Å². The summed E-state index contributed by atoms with van der Waals surface area (Å²) in [5.74, 6) is 0.414. The number of hydrogen-bond donors (Lipinski definition) is 3. The van der Waals surface area contributed by atoms with Crippen LogP contribution in [0.4, 0.5) is 0 Å². The molecule has 0 aliphatic heterocycles. The molecule has 0 amide bonds. The van der Waals surface area contributed by atoms with Gasteiger partial charge in [0, 0.05) is 12.0 Å². The average Bonchev–Trinajstić information content (AvgIpc) is 2.45. The molecular weight excluding hydrogens is 264 g/mol. The van der Waals surface area contributed by atoms with Crippen molar-refractivity contribution in [1.82, 2.24) is 0 Å². The normalized spacial score (nSPS) is 10.9. The smallest absolute Gasteiger partial charge is 0.124 e. The van der Waals surface area contributed by atoms with Gasteiger partial charge in [0.05, 0.1) is 6.61 Å². The van der Waals surface area contributed by atoms with Gasteiger partial charge >= 0.3 is 0 Å². The van der Waals surface area contributed by atoms with Crippen LogP contribution in [0.2, 0.25) is 0 Å². The minimum atomic E-state index is -0.194. The Hall–Kier alpha value is -2.00. The fourth-order valence-corrected chi connectivity index (χ4v) is 2.73. The van der Waals surface area contributed by atoms with Crippen LogP contribution < -0.4 is 0 Å². The fourth-order valence-electron chi connectivity index (χ4n) is 2.73. The summed E-state index contributed by atoms with van der Waals surface area (Å²) in [6, 6.07) is 7.58. The van der Waals surface area contributed by atoms with E-state index in [0.717, 1.165) is 34.2 Å². The fraction of sp³-hybridized carbons (Fsp3) is 0.333. The number of benzene rings is 2. The minimum absolute atomic E-state index is 0.113. The van der Waals surface area contributed by atoms with Crippen molar-refractivity contribution in [2.24, 2.45) is 0 Å². The number of phenols is 2. The van der Waals surface area contributed by atoms with E-state index in [1.54, 1.807) is 6.07 Å². The van der Waals surface area contributed by atoms with Crippen molar-refractivity contribution >= 4 is 0 Å². The summed E-state index contributed by atoms with van der Waals surface area (Å²) in [4.78, 5) is 0. The van der Waals surface area contributed by atoms with E-state index in [1.165, 1.54) is 0 Å². The molecule has 0 aliphatic rings. The predicted octanol–water partition coefficient (Wildman–Crippen LogP) is 3.36. The monoisotopic (exact) mass is 286 g/mol. The van der Waals surface area contributed by atoms with E-state index in [2.05, 4.69) is 0 Å². The van der Waals surface area contributed by atoms with Gasteiger partial charge in [-0.3, -0.25) is 0 Å². The Labute approximate surface area is 125 Å². The molecule has 0 bridgehead atoms. The van der Waals surface area contributed by atoms with Crippen LogP contribution in [0, 0.1) is 13.8 Å². The SMILES string of the molecule is CCc1cc(C)cc(Cc2cc(C)cc(CO)c2O)c1O. The maximum absolute atomic E-state index is 10.3. The molecule has 0 saturated carbocycles. The highest BCUT2D eigenvalue weighted by Crippen LogP contribution is 2.32. The topological polar surface area (TPSA) is 60.7 Å². The van der Waals surface area contributed by atoms with E-state index in [0.29, 0.717) is 17.7 Å². The molecule has 0 aliphatic carbocycles. The molecule has 21 heavy (non-hydrogen) atoms. The number of aliphatic hydroxyl groups excluding tert-OH is 1. The summed E-state index contributed by atoms with van der Waals surface area (Å²) >= 11 is 0. The van der Waals surface area contributed by atoms with Crippen LogP contribution in [-0.4, -0.2) is 15.3 Å². The first-order valence-corrected chi connectivity index (χ1v) is 7.19. The van der Waals surface area contributed by atoms with Crippen molar-refractivity contribution < 1.29 is 15.3 Å². The Morgan fingerprint density at radius 2 is 1.19 bits per heavy atom. The summed E-state index contributed by atoms with van der Waals surface area (Å²) in [7, 11) is 0. The molecule has 112 valence electrons. The minimum Gasteiger partial charge on any atom is -0.507 e. The lowest BCUT2D eigenvalue weighted by Crippen LogP contribution is -1.97. The Bertz CT molecular complexity index is 602. The van der Waals surface area contributed by atoms with Gasteiger partial charge in [-0.2, -0.15) is 0 Å². The summed E-state index contributed by atoms with van der Waals surface area (Å²) in [6.45, 7) is 5.74. The van der Waals surface area contributed by atoms with Gasteiger partial charge in [0.2, 0.25) is 0 Å². The third-order valence-corrected chi connectivity index (χ3v) is 3.76. The van der Waals surface area contributed by atoms with E-state index in [-0.39, 0.29) is 12.4 Å². The van der Waals surface area contributed by atoms with E-state index >= 15 is 0 Å². The van der Waals surface area contributed by atoms with E-state index in [1.807, 2.05) is 39.0 Å². The van der Waals surface area contributed by atoms with Gasteiger partial charge in [-0.05, 0) is 37.0 Å². The zero-order chi connectivity index (χ0) is 15.6. The van der Waals surface area contributed by atoms with Gasteiger partial charge in [0.1, 0.15) is 11.5 Å². The Kier molecular flexibility index (Phi) is 4.53. The summed E-state index contributed by atoms with van der Waals surface area (Å²) in [5, 5.41) is 29.9. The maximum atomic E-state index is 10.3. The van der Waals surface area contributed by atoms with Crippen molar-refractivity contribution in [1.29, 1.82) is 0 Å². The second-order valence-corrected chi connectivity index (χ2v) is 5.55. The second kappa shape index (κ2) is 6.19. The molecule has 0 unspecified atom stereocenters. The van der Waals surface area contributed by atoms with Crippen LogP contribution in [0.15, 0.2) is 24.3 Å². The number of aryl methyl sites for hydroxylation is 3. The third-order valence-electron chi connectivity index (χ3n) is 3.76. The summed E-state index contributed by atoms with van der Waals surface area (Å²) in [5.41, 5.74) is 5.04. The van der Waals surface area contributed by atoms with Crippen LogP contribution in [0.1, 0.15) is 40.3 Å². The molecule has 0 aromatic heterocycles. The quantitative estimate of drug-likeness (QED) is 0.807. The second-order valence-electron chi connectivity index (χ2n) is 5.55. The van der Waals surface area contributed by atoms with Gasteiger partial charge < -0.3 is 15.3 Å². The Morgan fingerprint density at radius 1 is 0.762 bits per heavy atom. The largest absolute Gasteiger partial charge is 0.507 e. The molecule has 0 heterocycles. The summed E-state index contributed by atoms with van der Waals surface area (Å²) in [6.07, 6.45) is 1.21. The molecule has 2 rings (SSSR count). The predicted molar refractivity (Wildman–Crippen MR) is 83.8 cm³/mol. The number of hydrogen-bond acceptors (Lipinski definition) is 3. The van der Waals surface area contributed by atoms with Gasteiger partial charge in [-0.15, -0.1) is 0 Å². The molecule has 0 saturated heterocycles. The zero-order valence-electron chi connectivity index (χ0n) is 12.8. The lowest BCUT2D eigenvalue weighted by molar-refractivity contribution is 0.275. The summed E-state index contributed by atoms with van der Waals surface area (Å²) < 4.78 is 0. The molecule has 0 atom stereocenters. The number of aliphatic hydroxyl groups is 1. The van der Waals surface area contributed by atoms with Gasteiger partial charge in [-0.25, -0.2) is 0 Å². The van der Waals surface area contributed by atoms with E-state index in [4.69, 9.17) is 0 Å². The highest BCUT2D eigenvalue weighted by atomic mass is 16.3. The van der Waals surface area contributed by atoms with Crippen molar-refractivity contribution in [2.45, 2.75) is 40.2 Å². The van der Waals surface area contributed by atoms with E-state index < -0.39 is 0 Å². The zero-order valence-corrected chi connectivity index (χ0v) is 12.8. The molecular formula is C18H22O3. The number of aromatic hydroxyl groups is 2. The molecule has 3 nitrogen and oxygen atoms in total. The van der Waals surface area contributed by atoms with Gasteiger partial charge in [0.15, 0.2) is 0 Å². The molecule has 0 spiro atoms. The first-order valence-electron chi connectivity index (χ1n) is 7.19. The lowest BCUT2D eigenvalue weighted by atomic mass is 9.95. The van der Waals surface area contributed by atoms with Crippen LogP contribution in [0.5, 0.6) is 11.5 Å². The van der Waals surface area contributed by atoms with E-state index in [9.17, 15) is 15.3 Å². The molecule has 3 N–H and O–H groups in total. The first-order chi connectivity index (χ1) is 9.96. The van der Waals surface area contributed by atoms with Crippen molar-refractivity contribution in [3.63, 3.8) is 0 Å². The number of phenolic OH excluding ortho intramolecular Hbond substituents is 1. The molecule has 2 aromatic rings. The van der Waals surface area contributed by atoms with Crippen molar-refractivity contribution in [2.75, 3.05) is 0 Å². The maximum Gasteiger partial charge on any atom is 0.124 e. The van der Waals surface area contributed by atoms with Crippen LogP contribution in [0.3, 0.4) is 0 Å². The Balaban J connectivity index is 2.48. The Morgan fingerprint density at radius 3 is 1.67 bits per heavy atom. The lowest BCUT2D eigenvalue weighted by Gasteiger charge is -2.14. The van der Waals surface area contributed by atoms with Gasteiger partial charge in [-0.1, -0.05) is 42.3 Å². The first kappa shape index (κ1) is 15.4. The number of rotatable bonds is 4. The van der Waals surface area contributed by atoms with Crippen LogP contribution >= 0.6 is 0 Å². The standard InChI is InChI=1S/C18H22O3/c1-4-13-5-11(2)6-14(17(13)20)9-15-7-12(3)8-16(10-19)18(15)21/h5-8,19-21H,4,9-10H2,1-3H3. The van der Waals surface area contributed by atoms with Crippen LogP contribution in [0.25, 0.3) is 0 Å². The van der Waals surface area contributed by atoms with Gasteiger partial charge in [0.25, 0.3) is 0 Å².